The number of hydrogen-bond acceptors (Lipinski definition) is 0. The van der Waals surface area contributed by atoms with Gasteiger partial charge in [0, 0.05) is 24.2 Å². The van der Waals surface area contributed by atoms with Crippen LogP contribution in [-0.2, 0) is 12.8 Å². The van der Waals surface area contributed by atoms with E-state index in [1.807, 2.05) is 13.0 Å². The molecule has 0 bridgehead atoms. The molecule has 0 aliphatic heterocycles. The minimum absolute atomic E-state index is 0.0139. The van der Waals surface area contributed by atoms with Crippen molar-refractivity contribution < 1.29 is 8.78 Å². The van der Waals surface area contributed by atoms with Crippen molar-refractivity contribution in [2.24, 2.45) is 0 Å². The van der Waals surface area contributed by atoms with Gasteiger partial charge in [0.15, 0.2) is 0 Å². The first-order valence-corrected chi connectivity index (χ1v) is 4.12. The number of aromatic nitrogens is 1. The molecular weight excluding hydrogens is 160 g/mol. The molecule has 0 radical (unpaired) electrons. The Morgan fingerprint density at radius 2 is 2.25 bits per heavy atom. The second-order valence-electron chi connectivity index (χ2n) is 3.49. The van der Waals surface area contributed by atoms with E-state index in [0.29, 0.717) is 6.42 Å². The van der Waals surface area contributed by atoms with Crippen LogP contribution in [-0.4, -0.2) is 10.9 Å². The van der Waals surface area contributed by atoms with Crippen LogP contribution >= 0.6 is 0 Å². The molecule has 0 amide bonds. The summed E-state index contributed by atoms with van der Waals surface area (Å²) in [6, 6.07) is 1.82. The second kappa shape index (κ2) is 2.31. The SMILES string of the molecule is Cc1cc2c([nH]1)CCC(F)(F)C2. The van der Waals surface area contributed by atoms with Gasteiger partial charge in [0.25, 0.3) is 5.92 Å². The van der Waals surface area contributed by atoms with E-state index in [0.717, 1.165) is 17.0 Å². The van der Waals surface area contributed by atoms with E-state index in [1.54, 1.807) is 0 Å². The van der Waals surface area contributed by atoms with Crippen molar-refractivity contribution in [3.8, 4) is 0 Å². The van der Waals surface area contributed by atoms with Crippen LogP contribution in [0.3, 0.4) is 0 Å². The van der Waals surface area contributed by atoms with Gasteiger partial charge < -0.3 is 4.98 Å². The summed E-state index contributed by atoms with van der Waals surface area (Å²) < 4.78 is 25.8. The number of alkyl halides is 2. The molecule has 1 N–H and O–H groups in total. The fourth-order valence-electron chi connectivity index (χ4n) is 1.76. The Morgan fingerprint density at radius 3 is 3.00 bits per heavy atom. The predicted molar refractivity (Wildman–Crippen MR) is 42.5 cm³/mol. The van der Waals surface area contributed by atoms with Crippen LogP contribution in [0.15, 0.2) is 6.07 Å². The highest BCUT2D eigenvalue weighted by molar-refractivity contribution is 5.29. The van der Waals surface area contributed by atoms with Crippen molar-refractivity contribution in [2.45, 2.75) is 32.1 Å². The zero-order valence-corrected chi connectivity index (χ0v) is 6.95. The lowest BCUT2D eigenvalue weighted by atomic mass is 9.95. The Balaban J connectivity index is 2.34. The third kappa shape index (κ3) is 1.24. The quantitative estimate of drug-likeness (QED) is 0.617. The molecule has 2 rings (SSSR count). The largest absolute Gasteiger partial charge is 0.362 e. The zero-order valence-electron chi connectivity index (χ0n) is 6.95. The van der Waals surface area contributed by atoms with Gasteiger partial charge in [0.2, 0.25) is 0 Å². The Kier molecular flexibility index (Phi) is 1.50. The first-order chi connectivity index (χ1) is 5.57. The molecule has 0 fully saturated rings. The lowest BCUT2D eigenvalue weighted by Crippen LogP contribution is -2.25. The summed E-state index contributed by atoms with van der Waals surface area (Å²) in [6.07, 6.45) is 0.378. The lowest BCUT2D eigenvalue weighted by molar-refractivity contribution is -0.0124. The first kappa shape index (κ1) is 7.77. The van der Waals surface area contributed by atoms with Crippen molar-refractivity contribution in [2.75, 3.05) is 0 Å². The summed E-state index contributed by atoms with van der Waals surface area (Å²) in [5.41, 5.74) is 2.78. The molecule has 1 nitrogen and oxygen atoms in total. The number of rotatable bonds is 0. The minimum atomic E-state index is -2.48. The molecule has 0 saturated heterocycles. The summed E-state index contributed by atoms with van der Waals surface area (Å²) in [6.45, 7) is 1.90. The maximum Gasteiger partial charge on any atom is 0.252 e. The number of hydrogen-bond donors (Lipinski definition) is 1. The number of H-pyrrole nitrogens is 1. The highest BCUT2D eigenvalue weighted by atomic mass is 19.3. The number of fused-ring (bicyclic) bond motifs is 1. The van der Waals surface area contributed by atoms with E-state index in [9.17, 15) is 8.78 Å². The molecule has 1 heterocycles. The van der Waals surface area contributed by atoms with Crippen LogP contribution in [0.5, 0.6) is 0 Å². The van der Waals surface area contributed by atoms with Crippen LogP contribution < -0.4 is 0 Å². The van der Waals surface area contributed by atoms with Gasteiger partial charge in [0.1, 0.15) is 0 Å². The van der Waals surface area contributed by atoms with Gasteiger partial charge >= 0.3 is 0 Å². The molecule has 1 aromatic heterocycles. The predicted octanol–water partition coefficient (Wildman–Crippen LogP) is 2.45. The molecule has 12 heavy (non-hydrogen) atoms. The topological polar surface area (TPSA) is 15.8 Å². The van der Waals surface area contributed by atoms with E-state index in [1.165, 1.54) is 0 Å². The van der Waals surface area contributed by atoms with E-state index >= 15 is 0 Å². The molecule has 3 heteroatoms. The van der Waals surface area contributed by atoms with Gasteiger partial charge in [-0.2, -0.15) is 0 Å². The smallest absolute Gasteiger partial charge is 0.252 e. The number of aryl methyl sites for hydroxylation is 2. The molecule has 0 saturated carbocycles. The van der Waals surface area contributed by atoms with Crippen LogP contribution in [0.25, 0.3) is 0 Å². The van der Waals surface area contributed by atoms with Gasteiger partial charge in [-0.1, -0.05) is 0 Å². The summed E-state index contributed by atoms with van der Waals surface area (Å²) in [7, 11) is 0. The number of aromatic amines is 1. The molecule has 0 unspecified atom stereocenters. The second-order valence-corrected chi connectivity index (χ2v) is 3.49. The van der Waals surface area contributed by atoms with E-state index in [2.05, 4.69) is 4.98 Å². The van der Waals surface area contributed by atoms with E-state index < -0.39 is 5.92 Å². The molecule has 1 aromatic rings. The Labute approximate surface area is 69.8 Å². The van der Waals surface area contributed by atoms with Crippen molar-refractivity contribution in [3.05, 3.63) is 23.0 Å². The van der Waals surface area contributed by atoms with Crippen molar-refractivity contribution >= 4 is 0 Å². The molecule has 1 aliphatic carbocycles. The highest BCUT2D eigenvalue weighted by Crippen LogP contribution is 2.32. The van der Waals surface area contributed by atoms with E-state index in [4.69, 9.17) is 0 Å². The van der Waals surface area contributed by atoms with Gasteiger partial charge in [0.05, 0.1) is 0 Å². The van der Waals surface area contributed by atoms with Crippen molar-refractivity contribution in [1.29, 1.82) is 0 Å². The normalized spacial score (nSPS) is 20.6. The Bertz CT molecular complexity index is 301. The molecule has 0 atom stereocenters. The first-order valence-electron chi connectivity index (χ1n) is 4.12. The average molecular weight is 171 g/mol. The maximum absolute atomic E-state index is 12.9. The maximum atomic E-state index is 12.9. The molecule has 0 spiro atoms. The minimum Gasteiger partial charge on any atom is -0.362 e. The van der Waals surface area contributed by atoms with Gasteiger partial charge in [-0.05, 0) is 25.0 Å². The zero-order chi connectivity index (χ0) is 8.77. The lowest BCUT2D eigenvalue weighted by Gasteiger charge is -2.21. The molecule has 66 valence electrons. The Hall–Kier alpha value is -0.860. The summed E-state index contributed by atoms with van der Waals surface area (Å²) in [5.74, 6) is -2.48. The van der Waals surface area contributed by atoms with Gasteiger partial charge in [-0.25, -0.2) is 8.78 Å². The standard InChI is InChI=1S/C9H11F2N/c1-6-4-7-5-9(10,11)3-2-8(7)12-6/h4,12H,2-3,5H2,1H3. The third-order valence-electron chi connectivity index (χ3n) is 2.32. The summed E-state index contributed by atoms with van der Waals surface area (Å²) >= 11 is 0. The van der Waals surface area contributed by atoms with Gasteiger partial charge in [-0.3, -0.25) is 0 Å². The molecular formula is C9H11F2N. The van der Waals surface area contributed by atoms with Crippen LogP contribution in [0.2, 0.25) is 0 Å². The molecule has 0 aromatic carbocycles. The van der Waals surface area contributed by atoms with Crippen molar-refractivity contribution in [1.82, 2.24) is 4.98 Å². The summed E-state index contributed by atoms with van der Waals surface area (Å²) in [4.78, 5) is 3.10. The van der Waals surface area contributed by atoms with Crippen LogP contribution in [0.1, 0.15) is 23.4 Å². The Morgan fingerprint density at radius 1 is 1.50 bits per heavy atom. The molecule has 1 aliphatic rings. The fraction of sp³-hybridized carbons (Fsp3) is 0.556. The summed E-state index contributed by atoms with van der Waals surface area (Å²) in [5, 5.41) is 0. The fourth-order valence-corrected chi connectivity index (χ4v) is 1.76. The monoisotopic (exact) mass is 171 g/mol. The third-order valence-corrected chi connectivity index (χ3v) is 2.32. The van der Waals surface area contributed by atoms with Crippen molar-refractivity contribution in [3.63, 3.8) is 0 Å². The van der Waals surface area contributed by atoms with E-state index in [-0.39, 0.29) is 12.8 Å². The highest BCUT2D eigenvalue weighted by Gasteiger charge is 2.34. The van der Waals surface area contributed by atoms with Crippen LogP contribution in [0, 0.1) is 6.92 Å². The number of nitrogens with one attached hydrogen (secondary N) is 1. The average Bonchev–Trinajstić information content (AvgIpc) is 2.26. The van der Waals surface area contributed by atoms with Crippen LogP contribution in [0.4, 0.5) is 8.78 Å². The number of halogens is 2. The van der Waals surface area contributed by atoms with Gasteiger partial charge in [-0.15, -0.1) is 0 Å².